The van der Waals surface area contributed by atoms with Gasteiger partial charge in [-0.3, -0.25) is 0 Å². The van der Waals surface area contributed by atoms with E-state index in [0.29, 0.717) is 6.61 Å². The summed E-state index contributed by atoms with van der Waals surface area (Å²) in [6.07, 6.45) is 0. The molecule has 0 radical (unpaired) electrons. The summed E-state index contributed by atoms with van der Waals surface area (Å²) >= 11 is 0. The third-order valence-electron chi connectivity index (χ3n) is 3.63. The fourth-order valence-electron chi connectivity index (χ4n) is 2.64. The van der Waals surface area contributed by atoms with Gasteiger partial charge in [-0.1, -0.05) is 30.3 Å². The van der Waals surface area contributed by atoms with E-state index in [-0.39, 0.29) is 23.8 Å². The van der Waals surface area contributed by atoms with Crippen molar-refractivity contribution >= 4 is 11.7 Å². The average Bonchev–Trinajstić information content (AvgIpc) is 3.25. The summed E-state index contributed by atoms with van der Waals surface area (Å²) in [4.78, 5) is 14.2. The number of rotatable bonds is 4. The third-order valence-corrected chi connectivity index (χ3v) is 3.63. The predicted octanol–water partition coefficient (Wildman–Crippen LogP) is 2.89. The first-order chi connectivity index (χ1) is 10.2. The van der Waals surface area contributed by atoms with E-state index >= 15 is 0 Å². The maximum atomic E-state index is 12.1. The van der Waals surface area contributed by atoms with E-state index in [9.17, 15) is 9.90 Å². The lowest BCUT2D eigenvalue weighted by atomic mass is 10.1. The number of carbonyl (C=O) groups excluding carboxylic acids is 1. The van der Waals surface area contributed by atoms with Crippen molar-refractivity contribution in [3.05, 3.63) is 60.2 Å². The van der Waals surface area contributed by atoms with E-state index in [0.717, 1.165) is 11.3 Å². The van der Waals surface area contributed by atoms with Crippen LogP contribution < -0.4 is 4.90 Å². The van der Waals surface area contributed by atoms with Crippen molar-refractivity contribution in [1.29, 1.82) is 0 Å². The molecular formula is C17H17NO3. The smallest absolute Gasteiger partial charge is 0.331 e. The van der Waals surface area contributed by atoms with Gasteiger partial charge < -0.3 is 14.7 Å². The molecule has 4 nitrogen and oxygen atoms in total. The average molecular weight is 283 g/mol. The van der Waals surface area contributed by atoms with Gasteiger partial charge in [-0.2, -0.15) is 0 Å². The van der Waals surface area contributed by atoms with Crippen molar-refractivity contribution in [2.24, 2.45) is 0 Å². The molecule has 1 heterocycles. The van der Waals surface area contributed by atoms with Crippen LogP contribution in [-0.4, -0.2) is 23.7 Å². The molecule has 0 bridgehead atoms. The normalized spacial score (nSPS) is 20.1. The first-order valence-corrected chi connectivity index (χ1v) is 7.01. The first-order valence-electron chi connectivity index (χ1n) is 7.01. The van der Waals surface area contributed by atoms with Gasteiger partial charge in [-0.05, 0) is 36.8 Å². The summed E-state index contributed by atoms with van der Waals surface area (Å²) in [7, 11) is 0. The molecule has 0 amide bonds. The highest BCUT2D eigenvalue weighted by Crippen LogP contribution is 2.47. The van der Waals surface area contributed by atoms with Gasteiger partial charge in [0.25, 0.3) is 0 Å². The van der Waals surface area contributed by atoms with Crippen LogP contribution in [0.3, 0.4) is 0 Å². The van der Waals surface area contributed by atoms with Gasteiger partial charge in [-0.25, -0.2) is 4.79 Å². The van der Waals surface area contributed by atoms with Crippen LogP contribution in [0.4, 0.5) is 5.69 Å². The second kappa shape index (κ2) is 5.48. The quantitative estimate of drug-likeness (QED) is 0.692. The zero-order valence-electron chi connectivity index (χ0n) is 11.8. The molecule has 1 aliphatic heterocycles. The topological polar surface area (TPSA) is 49.5 Å². The Labute approximate surface area is 123 Å². The maximum absolute atomic E-state index is 12.1. The monoisotopic (exact) mass is 283 g/mol. The number of hydrogen-bond donors (Lipinski definition) is 1. The number of benzene rings is 2. The minimum atomic E-state index is -0.295. The van der Waals surface area contributed by atoms with Crippen LogP contribution in [0.2, 0.25) is 0 Å². The number of phenols is 1. The van der Waals surface area contributed by atoms with Crippen LogP contribution in [0.1, 0.15) is 18.5 Å². The molecule has 0 saturated carbocycles. The van der Waals surface area contributed by atoms with Gasteiger partial charge in [0, 0.05) is 5.69 Å². The molecule has 1 N–H and O–H groups in total. The number of hydrogen-bond acceptors (Lipinski definition) is 4. The maximum Gasteiger partial charge on any atom is 0.331 e. The molecule has 108 valence electrons. The molecular weight excluding hydrogens is 266 g/mol. The fraction of sp³-hybridized carbons (Fsp3) is 0.235. The number of esters is 1. The summed E-state index contributed by atoms with van der Waals surface area (Å²) in [5.74, 6) is 0.0118. The molecule has 0 spiro atoms. The lowest BCUT2D eigenvalue weighted by Crippen LogP contribution is -2.15. The van der Waals surface area contributed by atoms with E-state index in [1.165, 1.54) is 0 Å². The van der Waals surface area contributed by atoms with Crippen LogP contribution in [-0.2, 0) is 9.53 Å². The van der Waals surface area contributed by atoms with Gasteiger partial charge >= 0.3 is 5.97 Å². The van der Waals surface area contributed by atoms with Crippen LogP contribution in [0.5, 0.6) is 5.75 Å². The lowest BCUT2D eigenvalue weighted by molar-refractivity contribution is -0.142. The highest BCUT2D eigenvalue weighted by atomic mass is 16.5. The van der Waals surface area contributed by atoms with Crippen molar-refractivity contribution in [3.8, 4) is 5.75 Å². The van der Waals surface area contributed by atoms with Crippen molar-refractivity contribution in [3.63, 3.8) is 0 Å². The van der Waals surface area contributed by atoms with Crippen molar-refractivity contribution in [1.82, 2.24) is 0 Å². The number of nitrogens with zero attached hydrogens (tertiary/aromatic N) is 1. The van der Waals surface area contributed by atoms with Crippen molar-refractivity contribution < 1.29 is 14.6 Å². The molecule has 2 aromatic carbocycles. The van der Waals surface area contributed by atoms with Crippen LogP contribution in [0, 0.1) is 0 Å². The minimum Gasteiger partial charge on any atom is -0.508 e. The Balaban J connectivity index is 1.89. The van der Waals surface area contributed by atoms with Crippen LogP contribution >= 0.6 is 0 Å². The van der Waals surface area contributed by atoms with Crippen LogP contribution in [0.15, 0.2) is 54.6 Å². The molecule has 1 fully saturated rings. The molecule has 4 heteroatoms. The second-order valence-corrected chi connectivity index (χ2v) is 4.98. The molecule has 0 aromatic heterocycles. The SMILES string of the molecule is CCOC(=O)[C@H]1[C@@H](c2ccc(O)cc2)N1c1ccccc1. The summed E-state index contributed by atoms with van der Waals surface area (Å²) in [5.41, 5.74) is 1.99. The number of phenolic OH excluding ortho intramolecular Hbond substituents is 1. The first kappa shape index (κ1) is 13.5. The molecule has 0 unspecified atom stereocenters. The molecule has 2 atom stereocenters. The van der Waals surface area contributed by atoms with E-state index in [1.54, 1.807) is 12.1 Å². The van der Waals surface area contributed by atoms with Gasteiger partial charge in [0.1, 0.15) is 5.75 Å². The summed E-state index contributed by atoms with van der Waals surface area (Å²) in [6, 6.07) is 16.4. The Hall–Kier alpha value is -2.49. The highest BCUT2D eigenvalue weighted by Gasteiger charge is 2.54. The fourth-order valence-corrected chi connectivity index (χ4v) is 2.64. The number of aromatic hydroxyl groups is 1. The van der Waals surface area contributed by atoms with E-state index in [4.69, 9.17) is 4.74 Å². The molecule has 3 rings (SSSR count). The van der Waals surface area contributed by atoms with E-state index in [2.05, 4.69) is 0 Å². The van der Waals surface area contributed by atoms with Crippen LogP contribution in [0.25, 0.3) is 0 Å². The Morgan fingerprint density at radius 1 is 1.14 bits per heavy atom. The Bertz CT molecular complexity index is 624. The Morgan fingerprint density at radius 2 is 1.81 bits per heavy atom. The third kappa shape index (κ3) is 2.57. The van der Waals surface area contributed by atoms with Gasteiger partial charge in [-0.15, -0.1) is 0 Å². The zero-order chi connectivity index (χ0) is 14.8. The van der Waals surface area contributed by atoms with Crippen molar-refractivity contribution in [2.75, 3.05) is 11.5 Å². The molecule has 1 saturated heterocycles. The number of carbonyl (C=O) groups is 1. The second-order valence-electron chi connectivity index (χ2n) is 4.98. The largest absolute Gasteiger partial charge is 0.508 e. The number of para-hydroxylation sites is 1. The summed E-state index contributed by atoms with van der Waals surface area (Å²) in [6.45, 7) is 2.18. The van der Waals surface area contributed by atoms with E-state index in [1.807, 2.05) is 54.3 Å². The minimum absolute atomic E-state index is 0.0351. The lowest BCUT2D eigenvalue weighted by Gasteiger charge is -2.05. The Kier molecular flexibility index (Phi) is 3.52. The zero-order valence-corrected chi connectivity index (χ0v) is 11.8. The van der Waals surface area contributed by atoms with Crippen molar-refractivity contribution in [2.45, 2.75) is 19.0 Å². The van der Waals surface area contributed by atoms with Gasteiger partial charge in [0.15, 0.2) is 6.04 Å². The summed E-state index contributed by atoms with van der Waals surface area (Å²) < 4.78 is 5.16. The molecule has 2 aromatic rings. The number of anilines is 1. The molecule has 1 aliphatic rings. The number of ether oxygens (including phenoxy) is 1. The van der Waals surface area contributed by atoms with Gasteiger partial charge in [0.05, 0.1) is 12.6 Å². The molecule has 0 aliphatic carbocycles. The predicted molar refractivity (Wildman–Crippen MR) is 80.2 cm³/mol. The Morgan fingerprint density at radius 3 is 2.43 bits per heavy atom. The standard InChI is InChI=1S/C17H17NO3/c1-2-21-17(20)16-15(12-8-10-14(19)11-9-12)18(16)13-6-4-3-5-7-13/h3-11,15-16,19H,2H2,1H3/t15-,16-,18?/m1/s1. The highest BCUT2D eigenvalue weighted by molar-refractivity contribution is 5.88. The van der Waals surface area contributed by atoms with Gasteiger partial charge in [0.2, 0.25) is 0 Å². The molecule has 21 heavy (non-hydrogen) atoms. The summed E-state index contributed by atoms with van der Waals surface area (Å²) in [5, 5.41) is 9.40. The van der Waals surface area contributed by atoms with E-state index < -0.39 is 0 Å².